The molecular formula is C13H19N3. The summed E-state index contributed by atoms with van der Waals surface area (Å²) in [7, 11) is 0. The smallest absolute Gasteiger partial charge is 0.140 e. The summed E-state index contributed by atoms with van der Waals surface area (Å²) >= 11 is 0. The van der Waals surface area contributed by atoms with Crippen LogP contribution in [0.25, 0.3) is 0 Å². The number of nitrogens with zero attached hydrogens (tertiary/aromatic N) is 3. The normalized spacial score (nSPS) is 10.4. The van der Waals surface area contributed by atoms with Crippen LogP contribution in [0.5, 0.6) is 0 Å². The van der Waals surface area contributed by atoms with E-state index in [1.54, 1.807) is 6.20 Å². The summed E-state index contributed by atoms with van der Waals surface area (Å²) in [6.07, 6.45) is 4.04. The lowest BCUT2D eigenvalue weighted by molar-refractivity contribution is 0.266. The van der Waals surface area contributed by atoms with E-state index in [4.69, 9.17) is 5.26 Å². The predicted molar refractivity (Wildman–Crippen MR) is 64.8 cm³/mol. The fraction of sp³-hybridized carbons (Fsp3) is 0.538. The minimum atomic E-state index is 0.505. The zero-order valence-electron chi connectivity index (χ0n) is 10.1. The molecule has 0 aliphatic rings. The maximum Gasteiger partial charge on any atom is 0.140 e. The van der Waals surface area contributed by atoms with Crippen molar-refractivity contribution in [2.24, 2.45) is 0 Å². The topological polar surface area (TPSA) is 39.9 Å². The Balaban J connectivity index is 2.65. The Morgan fingerprint density at radius 2 is 2.00 bits per heavy atom. The Bertz CT molecular complexity index is 348. The summed E-state index contributed by atoms with van der Waals surface area (Å²) in [6.45, 7) is 7.51. The molecule has 0 aromatic carbocycles. The third-order valence-electron chi connectivity index (χ3n) is 2.42. The highest BCUT2D eigenvalue weighted by Gasteiger charge is 2.04. The molecule has 0 saturated carbocycles. The monoisotopic (exact) mass is 217 g/mol. The Morgan fingerprint density at radius 1 is 1.31 bits per heavy atom. The van der Waals surface area contributed by atoms with Crippen LogP contribution in [0.15, 0.2) is 18.3 Å². The van der Waals surface area contributed by atoms with E-state index in [-0.39, 0.29) is 0 Å². The molecule has 0 saturated heterocycles. The molecule has 0 atom stereocenters. The minimum absolute atomic E-state index is 0.505. The summed E-state index contributed by atoms with van der Waals surface area (Å²) in [5, 5.41) is 8.78. The van der Waals surface area contributed by atoms with E-state index >= 15 is 0 Å². The van der Waals surface area contributed by atoms with Crippen LogP contribution in [0.2, 0.25) is 0 Å². The van der Waals surface area contributed by atoms with E-state index in [2.05, 4.69) is 29.8 Å². The van der Waals surface area contributed by atoms with Gasteiger partial charge in [0.15, 0.2) is 0 Å². The van der Waals surface area contributed by atoms with Crippen molar-refractivity contribution in [3.05, 3.63) is 29.6 Å². The van der Waals surface area contributed by atoms with Crippen molar-refractivity contribution < 1.29 is 0 Å². The van der Waals surface area contributed by atoms with Crippen molar-refractivity contribution in [3.8, 4) is 6.07 Å². The van der Waals surface area contributed by atoms with Gasteiger partial charge in [-0.15, -0.1) is 0 Å². The zero-order chi connectivity index (χ0) is 11.8. The van der Waals surface area contributed by atoms with Crippen LogP contribution in [0, 0.1) is 11.3 Å². The van der Waals surface area contributed by atoms with Crippen molar-refractivity contribution in [3.63, 3.8) is 0 Å². The summed E-state index contributed by atoms with van der Waals surface area (Å²) in [5.41, 5.74) is 1.68. The highest BCUT2D eigenvalue weighted by atomic mass is 15.1. The summed E-state index contributed by atoms with van der Waals surface area (Å²) in [6, 6.07) is 5.93. The van der Waals surface area contributed by atoms with Crippen LogP contribution in [-0.4, -0.2) is 23.0 Å². The standard InChI is InChI=1S/C13H19N3/c1-3-7-16(8-4-2)11-12-5-6-15-13(9-12)10-14/h5-6,9H,3-4,7-8,11H2,1-2H3. The van der Waals surface area contributed by atoms with Gasteiger partial charge in [-0.2, -0.15) is 5.26 Å². The maximum atomic E-state index is 8.78. The van der Waals surface area contributed by atoms with Crippen LogP contribution in [0.3, 0.4) is 0 Å². The maximum absolute atomic E-state index is 8.78. The SMILES string of the molecule is CCCN(CCC)Cc1ccnc(C#N)c1. The molecular weight excluding hydrogens is 198 g/mol. The van der Waals surface area contributed by atoms with Gasteiger partial charge in [-0.3, -0.25) is 4.90 Å². The molecule has 0 aliphatic heterocycles. The molecule has 0 fully saturated rings. The molecule has 0 unspecified atom stereocenters. The lowest BCUT2D eigenvalue weighted by Gasteiger charge is -2.20. The number of aromatic nitrogens is 1. The van der Waals surface area contributed by atoms with Crippen LogP contribution in [-0.2, 0) is 6.54 Å². The van der Waals surface area contributed by atoms with Crippen LogP contribution in [0.1, 0.15) is 37.9 Å². The fourth-order valence-electron chi connectivity index (χ4n) is 1.79. The highest BCUT2D eigenvalue weighted by molar-refractivity contribution is 5.25. The molecule has 1 aromatic rings. The van der Waals surface area contributed by atoms with Gasteiger partial charge < -0.3 is 0 Å². The first-order chi connectivity index (χ1) is 7.80. The van der Waals surface area contributed by atoms with Crippen LogP contribution in [0.4, 0.5) is 0 Å². The lowest BCUT2D eigenvalue weighted by atomic mass is 10.2. The molecule has 86 valence electrons. The van der Waals surface area contributed by atoms with E-state index in [9.17, 15) is 0 Å². The molecule has 0 N–H and O–H groups in total. The Morgan fingerprint density at radius 3 is 2.56 bits per heavy atom. The van der Waals surface area contributed by atoms with Crippen molar-refractivity contribution in [2.75, 3.05) is 13.1 Å². The van der Waals surface area contributed by atoms with Crippen molar-refractivity contribution in [1.82, 2.24) is 9.88 Å². The van der Waals surface area contributed by atoms with Gasteiger partial charge in [0.1, 0.15) is 11.8 Å². The molecule has 0 bridgehead atoms. The van der Waals surface area contributed by atoms with Gasteiger partial charge in [-0.1, -0.05) is 13.8 Å². The number of nitriles is 1. The largest absolute Gasteiger partial charge is 0.299 e. The molecule has 3 nitrogen and oxygen atoms in total. The van der Waals surface area contributed by atoms with Gasteiger partial charge in [0.25, 0.3) is 0 Å². The second kappa shape index (κ2) is 6.97. The molecule has 0 spiro atoms. The Kier molecular flexibility index (Phi) is 5.52. The number of hydrogen-bond acceptors (Lipinski definition) is 3. The average molecular weight is 217 g/mol. The molecule has 0 amide bonds. The van der Waals surface area contributed by atoms with Crippen LogP contribution >= 0.6 is 0 Å². The molecule has 0 aliphatic carbocycles. The first-order valence-corrected chi connectivity index (χ1v) is 5.87. The second-order valence-corrected chi connectivity index (χ2v) is 3.94. The number of hydrogen-bond donors (Lipinski definition) is 0. The number of rotatable bonds is 6. The quantitative estimate of drug-likeness (QED) is 0.735. The Hall–Kier alpha value is -1.40. The van der Waals surface area contributed by atoms with Gasteiger partial charge >= 0.3 is 0 Å². The molecule has 1 aromatic heterocycles. The molecule has 16 heavy (non-hydrogen) atoms. The third-order valence-corrected chi connectivity index (χ3v) is 2.42. The lowest BCUT2D eigenvalue weighted by Crippen LogP contribution is -2.24. The predicted octanol–water partition coefficient (Wildman–Crippen LogP) is 2.58. The highest BCUT2D eigenvalue weighted by Crippen LogP contribution is 2.06. The average Bonchev–Trinajstić information content (AvgIpc) is 2.30. The van der Waals surface area contributed by atoms with Crippen LogP contribution < -0.4 is 0 Å². The first kappa shape index (κ1) is 12.7. The van der Waals surface area contributed by atoms with Crippen molar-refractivity contribution in [1.29, 1.82) is 5.26 Å². The third kappa shape index (κ3) is 4.00. The first-order valence-electron chi connectivity index (χ1n) is 5.87. The summed E-state index contributed by atoms with van der Waals surface area (Å²) < 4.78 is 0. The van der Waals surface area contributed by atoms with Gasteiger partial charge in [0.2, 0.25) is 0 Å². The summed E-state index contributed by atoms with van der Waals surface area (Å²) in [4.78, 5) is 6.39. The molecule has 3 heteroatoms. The molecule has 1 rings (SSSR count). The minimum Gasteiger partial charge on any atom is -0.299 e. The van der Waals surface area contributed by atoms with E-state index in [1.165, 1.54) is 5.56 Å². The molecule has 1 heterocycles. The summed E-state index contributed by atoms with van der Waals surface area (Å²) in [5.74, 6) is 0. The van der Waals surface area contributed by atoms with Gasteiger partial charge in [-0.25, -0.2) is 4.98 Å². The molecule has 0 radical (unpaired) electrons. The van der Waals surface area contributed by atoms with Gasteiger partial charge in [-0.05, 0) is 43.6 Å². The Labute approximate surface area is 97.7 Å². The van der Waals surface area contributed by atoms with E-state index in [0.29, 0.717) is 5.69 Å². The second-order valence-electron chi connectivity index (χ2n) is 3.94. The van der Waals surface area contributed by atoms with Crippen molar-refractivity contribution >= 4 is 0 Å². The number of pyridine rings is 1. The van der Waals surface area contributed by atoms with E-state index < -0.39 is 0 Å². The van der Waals surface area contributed by atoms with E-state index in [1.807, 2.05) is 12.1 Å². The van der Waals surface area contributed by atoms with Gasteiger partial charge in [0.05, 0.1) is 0 Å². The van der Waals surface area contributed by atoms with E-state index in [0.717, 1.165) is 32.5 Å². The zero-order valence-corrected chi connectivity index (χ0v) is 10.1. The van der Waals surface area contributed by atoms with Crippen molar-refractivity contribution in [2.45, 2.75) is 33.2 Å². The fourth-order valence-corrected chi connectivity index (χ4v) is 1.79. The van der Waals surface area contributed by atoms with Gasteiger partial charge in [0, 0.05) is 12.7 Å².